The van der Waals surface area contributed by atoms with Gasteiger partial charge in [-0.05, 0) is 129 Å². The number of rotatable bonds is 5. The topological polar surface area (TPSA) is 20.2 Å². The van der Waals surface area contributed by atoms with Crippen LogP contribution in [0.5, 0.6) is 0 Å². The van der Waals surface area contributed by atoms with E-state index < -0.39 is 0 Å². The Bertz CT molecular complexity index is 682. The summed E-state index contributed by atoms with van der Waals surface area (Å²) >= 11 is 0. The number of aliphatic hydroxyl groups is 1. The normalized spacial score (nSPS) is 51.4. The molecule has 1 unspecified atom stereocenters. The fourth-order valence-electron chi connectivity index (χ4n) is 10.0. The van der Waals surface area contributed by atoms with Crippen LogP contribution >= 0.6 is 0 Å². The quantitative estimate of drug-likeness (QED) is 0.437. The Balaban J connectivity index is 1.54. The maximum absolute atomic E-state index is 10.6. The zero-order chi connectivity index (χ0) is 22.8. The van der Waals surface area contributed by atoms with Crippen LogP contribution in [0.2, 0.25) is 0 Å². The molecule has 31 heavy (non-hydrogen) atoms. The summed E-state index contributed by atoms with van der Waals surface area (Å²) in [6, 6.07) is 0. The Labute approximate surface area is 193 Å². The Morgan fingerprint density at radius 1 is 0.871 bits per heavy atom. The SMILES string of the molecule is C=C(C)C(C)CC[C@@H](C)[C@H]1CC[C@@]2(C)[C@@H]3CC[C@H]4[C@H](C)[C@@H](O)CC[C@]4(C)[C@H]3CC[C@]12C. The summed E-state index contributed by atoms with van der Waals surface area (Å²) in [5.41, 5.74) is 2.85. The van der Waals surface area contributed by atoms with E-state index in [1.165, 1.54) is 63.4 Å². The molecular weight excluding hydrogens is 376 g/mol. The van der Waals surface area contributed by atoms with Gasteiger partial charge in [0.2, 0.25) is 0 Å². The molecule has 4 rings (SSSR count). The molecule has 11 atom stereocenters. The Morgan fingerprint density at radius 2 is 1.52 bits per heavy atom. The molecule has 178 valence electrons. The first kappa shape index (κ1) is 23.8. The minimum absolute atomic E-state index is 0.0580. The lowest BCUT2D eigenvalue weighted by atomic mass is 9.39. The summed E-state index contributed by atoms with van der Waals surface area (Å²) in [6.07, 6.45) is 13.5. The Morgan fingerprint density at radius 3 is 2.19 bits per heavy atom. The highest BCUT2D eigenvalue weighted by Crippen LogP contribution is 2.73. The molecule has 0 aromatic rings. The van der Waals surface area contributed by atoms with Crippen molar-refractivity contribution < 1.29 is 5.11 Å². The summed E-state index contributed by atoms with van der Waals surface area (Å²) in [6.45, 7) is 21.7. The fourth-order valence-corrected chi connectivity index (χ4v) is 10.0. The minimum Gasteiger partial charge on any atom is -0.393 e. The van der Waals surface area contributed by atoms with Crippen molar-refractivity contribution in [3.63, 3.8) is 0 Å². The summed E-state index contributed by atoms with van der Waals surface area (Å²) < 4.78 is 0. The maximum atomic E-state index is 10.6. The molecule has 1 N–H and O–H groups in total. The third-order valence-electron chi connectivity index (χ3n) is 12.7. The number of allylic oxidation sites excluding steroid dienone is 1. The van der Waals surface area contributed by atoms with Crippen LogP contribution in [0.15, 0.2) is 12.2 Å². The number of hydrogen-bond donors (Lipinski definition) is 1. The summed E-state index contributed by atoms with van der Waals surface area (Å²) in [7, 11) is 0. The van der Waals surface area contributed by atoms with Crippen LogP contribution < -0.4 is 0 Å². The molecule has 0 amide bonds. The molecule has 0 radical (unpaired) electrons. The van der Waals surface area contributed by atoms with Crippen LogP contribution in [0.3, 0.4) is 0 Å². The summed E-state index contributed by atoms with van der Waals surface area (Å²) in [5, 5.41) is 10.6. The highest BCUT2D eigenvalue weighted by molar-refractivity contribution is 5.15. The van der Waals surface area contributed by atoms with Crippen molar-refractivity contribution in [1.29, 1.82) is 0 Å². The monoisotopic (exact) mass is 428 g/mol. The van der Waals surface area contributed by atoms with E-state index in [1.807, 2.05) is 0 Å². The van der Waals surface area contributed by atoms with E-state index in [1.54, 1.807) is 0 Å². The van der Waals surface area contributed by atoms with Gasteiger partial charge in [-0.15, -0.1) is 0 Å². The van der Waals surface area contributed by atoms with Gasteiger partial charge in [0.25, 0.3) is 0 Å². The van der Waals surface area contributed by atoms with Gasteiger partial charge in [0.15, 0.2) is 0 Å². The van der Waals surface area contributed by atoms with E-state index >= 15 is 0 Å². The fraction of sp³-hybridized carbons (Fsp3) is 0.933. The Hall–Kier alpha value is -0.300. The van der Waals surface area contributed by atoms with Gasteiger partial charge in [0.1, 0.15) is 0 Å². The van der Waals surface area contributed by atoms with Gasteiger partial charge in [0.05, 0.1) is 6.10 Å². The van der Waals surface area contributed by atoms with Gasteiger partial charge >= 0.3 is 0 Å². The lowest BCUT2D eigenvalue weighted by Gasteiger charge is -2.66. The predicted octanol–water partition coefficient (Wildman–Crippen LogP) is 8.27. The van der Waals surface area contributed by atoms with E-state index in [-0.39, 0.29) is 6.10 Å². The van der Waals surface area contributed by atoms with Crippen LogP contribution in [0.25, 0.3) is 0 Å². The first-order valence-corrected chi connectivity index (χ1v) is 13.8. The highest BCUT2D eigenvalue weighted by atomic mass is 16.3. The Kier molecular flexibility index (Phi) is 6.29. The van der Waals surface area contributed by atoms with Crippen molar-refractivity contribution in [2.45, 2.75) is 119 Å². The van der Waals surface area contributed by atoms with Gasteiger partial charge in [0, 0.05) is 0 Å². The molecule has 0 aromatic heterocycles. The first-order chi connectivity index (χ1) is 14.5. The standard InChI is InChI=1S/C30H52O/c1-19(2)20(3)9-10-21(4)23-13-17-30(8)26-12-11-24-22(5)27(31)15-16-28(24,6)25(26)14-18-29(23,30)7/h20-27,31H,1,9-18H2,2-8H3/t20?,21-,22+,23-,24+,25+,26-,27+,28+,29-,30+/m1/s1. The largest absolute Gasteiger partial charge is 0.393 e. The van der Waals surface area contributed by atoms with Crippen molar-refractivity contribution in [2.75, 3.05) is 0 Å². The molecular formula is C30H52O. The summed E-state index contributed by atoms with van der Waals surface area (Å²) in [4.78, 5) is 0. The van der Waals surface area contributed by atoms with Gasteiger partial charge in [-0.2, -0.15) is 0 Å². The van der Waals surface area contributed by atoms with Crippen LogP contribution in [-0.4, -0.2) is 11.2 Å². The number of fused-ring (bicyclic) bond motifs is 5. The van der Waals surface area contributed by atoms with Crippen LogP contribution in [0, 0.1) is 57.7 Å². The van der Waals surface area contributed by atoms with Crippen molar-refractivity contribution in [3.8, 4) is 0 Å². The van der Waals surface area contributed by atoms with Crippen molar-refractivity contribution in [3.05, 3.63) is 12.2 Å². The maximum Gasteiger partial charge on any atom is 0.0568 e. The number of aliphatic hydroxyl groups excluding tert-OH is 1. The van der Waals surface area contributed by atoms with Gasteiger partial charge in [-0.25, -0.2) is 0 Å². The van der Waals surface area contributed by atoms with Crippen LogP contribution in [-0.2, 0) is 0 Å². The second-order valence-corrected chi connectivity index (χ2v) is 13.7. The van der Waals surface area contributed by atoms with Crippen molar-refractivity contribution in [2.24, 2.45) is 57.7 Å². The highest BCUT2D eigenvalue weighted by Gasteiger charge is 2.66. The van der Waals surface area contributed by atoms with Gasteiger partial charge in [-0.3, -0.25) is 0 Å². The lowest BCUT2D eigenvalue weighted by molar-refractivity contribution is -0.179. The second kappa shape index (κ2) is 8.18. The second-order valence-electron chi connectivity index (χ2n) is 13.7. The average molecular weight is 429 g/mol. The van der Waals surface area contributed by atoms with Gasteiger partial charge < -0.3 is 5.11 Å². The molecule has 0 heterocycles. The molecule has 0 bridgehead atoms. The van der Waals surface area contributed by atoms with Crippen LogP contribution in [0.1, 0.15) is 113 Å². The van der Waals surface area contributed by atoms with E-state index in [0.717, 1.165) is 36.0 Å². The third-order valence-corrected chi connectivity index (χ3v) is 12.7. The first-order valence-electron chi connectivity index (χ1n) is 13.8. The zero-order valence-electron chi connectivity index (χ0n) is 21.8. The van der Waals surface area contributed by atoms with Crippen molar-refractivity contribution in [1.82, 2.24) is 0 Å². The molecule has 4 saturated carbocycles. The third kappa shape index (κ3) is 3.50. The summed E-state index contributed by atoms with van der Waals surface area (Å²) in [5.74, 6) is 5.42. The molecule has 0 spiro atoms. The van der Waals surface area contributed by atoms with E-state index in [2.05, 4.69) is 55.0 Å². The van der Waals surface area contributed by atoms with Crippen LogP contribution in [0.4, 0.5) is 0 Å². The average Bonchev–Trinajstić information content (AvgIpc) is 3.00. The molecule has 0 aliphatic heterocycles. The smallest absolute Gasteiger partial charge is 0.0568 e. The molecule has 4 aliphatic rings. The van der Waals surface area contributed by atoms with E-state index in [0.29, 0.717) is 28.1 Å². The zero-order valence-corrected chi connectivity index (χ0v) is 21.8. The minimum atomic E-state index is -0.0580. The number of hydrogen-bond acceptors (Lipinski definition) is 1. The molecule has 1 heteroatoms. The van der Waals surface area contributed by atoms with E-state index in [4.69, 9.17) is 0 Å². The predicted molar refractivity (Wildman–Crippen MR) is 133 cm³/mol. The van der Waals surface area contributed by atoms with E-state index in [9.17, 15) is 5.11 Å². The van der Waals surface area contributed by atoms with Gasteiger partial charge in [-0.1, -0.05) is 53.7 Å². The molecule has 0 aromatic carbocycles. The lowest BCUT2D eigenvalue weighted by Crippen LogP contribution is -2.59. The molecule has 0 saturated heterocycles. The molecule has 1 nitrogen and oxygen atoms in total. The molecule has 4 fully saturated rings. The molecule has 4 aliphatic carbocycles. The van der Waals surface area contributed by atoms with Crippen molar-refractivity contribution >= 4 is 0 Å².